The van der Waals surface area contributed by atoms with Gasteiger partial charge in [0.15, 0.2) is 0 Å². The van der Waals surface area contributed by atoms with Gasteiger partial charge in [0.2, 0.25) is 10.0 Å². The zero-order chi connectivity index (χ0) is 13.9. The van der Waals surface area contributed by atoms with Crippen LogP contribution in [-0.4, -0.2) is 36.8 Å². The molecule has 1 aromatic carbocycles. The van der Waals surface area contributed by atoms with Crippen LogP contribution in [0.25, 0.3) is 0 Å². The van der Waals surface area contributed by atoms with Crippen LogP contribution in [0.5, 0.6) is 0 Å². The summed E-state index contributed by atoms with van der Waals surface area (Å²) >= 11 is 1.81. The molecular weight excluding hydrogens is 280 g/mol. The summed E-state index contributed by atoms with van der Waals surface area (Å²) in [5, 5.41) is 9.07. The van der Waals surface area contributed by atoms with Crippen LogP contribution < -0.4 is 0 Å². The summed E-state index contributed by atoms with van der Waals surface area (Å²) in [7, 11) is -3.25. The van der Waals surface area contributed by atoms with Crippen LogP contribution in [0.4, 0.5) is 0 Å². The molecular formula is C13H16N2O2S2. The zero-order valence-electron chi connectivity index (χ0n) is 10.7. The Hall–Kier alpha value is -1.03. The van der Waals surface area contributed by atoms with Gasteiger partial charge in [-0.05, 0) is 17.7 Å². The predicted octanol–water partition coefficient (Wildman–Crippen LogP) is 1.83. The molecule has 1 fully saturated rings. The van der Waals surface area contributed by atoms with E-state index in [9.17, 15) is 8.42 Å². The summed E-state index contributed by atoms with van der Waals surface area (Å²) in [4.78, 5) is 0. The maximum atomic E-state index is 12.3. The van der Waals surface area contributed by atoms with Crippen molar-refractivity contribution < 1.29 is 8.42 Å². The Balaban J connectivity index is 2.09. The quantitative estimate of drug-likeness (QED) is 0.853. The third-order valence-electron chi connectivity index (χ3n) is 3.03. The molecule has 102 valence electrons. The van der Waals surface area contributed by atoms with Crippen molar-refractivity contribution in [3.05, 3.63) is 35.4 Å². The van der Waals surface area contributed by atoms with Crippen molar-refractivity contribution in [1.29, 1.82) is 5.26 Å². The summed E-state index contributed by atoms with van der Waals surface area (Å²) in [6.45, 7) is 3.23. The lowest BCUT2D eigenvalue weighted by Gasteiger charge is -2.29. The Morgan fingerprint density at radius 3 is 2.68 bits per heavy atom. The summed E-state index contributed by atoms with van der Waals surface area (Å²) in [5.74, 6) is 0.865. The fraction of sp³-hybridized carbons (Fsp3) is 0.462. The summed E-state index contributed by atoms with van der Waals surface area (Å²) < 4.78 is 26.2. The Kier molecular flexibility index (Phi) is 4.50. The highest BCUT2D eigenvalue weighted by atomic mass is 32.2. The summed E-state index contributed by atoms with van der Waals surface area (Å²) in [6, 6.07) is 8.74. The van der Waals surface area contributed by atoms with Crippen LogP contribution in [0.2, 0.25) is 0 Å². The highest BCUT2D eigenvalue weighted by Gasteiger charge is 2.27. The molecule has 1 aliphatic heterocycles. The molecule has 0 radical (unpaired) electrons. The SMILES string of the molecule is CC1CN(S(=O)(=O)Cc2ccc(C#N)cc2)CCS1. The molecule has 0 amide bonds. The van der Waals surface area contributed by atoms with E-state index in [0.29, 0.717) is 23.9 Å². The monoisotopic (exact) mass is 296 g/mol. The Labute approximate surface area is 118 Å². The van der Waals surface area contributed by atoms with Crippen LogP contribution in [0.1, 0.15) is 18.1 Å². The molecule has 0 aliphatic carbocycles. The van der Waals surface area contributed by atoms with Gasteiger partial charge in [-0.15, -0.1) is 0 Å². The van der Waals surface area contributed by atoms with Gasteiger partial charge < -0.3 is 0 Å². The first-order valence-corrected chi connectivity index (χ1v) is 8.75. The molecule has 0 spiro atoms. The Bertz CT molecular complexity index is 576. The number of sulfonamides is 1. The van der Waals surface area contributed by atoms with Gasteiger partial charge in [0, 0.05) is 24.1 Å². The molecule has 19 heavy (non-hydrogen) atoms. The van der Waals surface area contributed by atoms with Crippen molar-refractivity contribution in [2.24, 2.45) is 0 Å². The standard InChI is InChI=1S/C13H16N2O2S2/c1-11-9-15(6-7-18-11)19(16,17)10-13-4-2-12(8-14)3-5-13/h2-5,11H,6-7,9-10H2,1H3. The van der Waals surface area contributed by atoms with Gasteiger partial charge in [-0.3, -0.25) is 0 Å². The van der Waals surface area contributed by atoms with E-state index in [-0.39, 0.29) is 5.75 Å². The van der Waals surface area contributed by atoms with Crippen LogP contribution in [-0.2, 0) is 15.8 Å². The van der Waals surface area contributed by atoms with Crippen molar-refractivity contribution in [3.63, 3.8) is 0 Å². The molecule has 1 aliphatic rings. The minimum Gasteiger partial charge on any atom is -0.212 e. The van der Waals surface area contributed by atoms with E-state index in [2.05, 4.69) is 0 Å². The largest absolute Gasteiger partial charge is 0.218 e. The fourth-order valence-electron chi connectivity index (χ4n) is 2.02. The first kappa shape index (κ1) is 14.4. The fourth-order valence-corrected chi connectivity index (χ4v) is 4.86. The second kappa shape index (κ2) is 5.95. The first-order chi connectivity index (χ1) is 9.01. The molecule has 0 saturated carbocycles. The Morgan fingerprint density at radius 2 is 2.11 bits per heavy atom. The van der Waals surface area contributed by atoms with E-state index in [0.717, 1.165) is 11.3 Å². The molecule has 0 aromatic heterocycles. The van der Waals surface area contributed by atoms with Crippen LogP contribution in [0, 0.1) is 11.3 Å². The number of nitriles is 1. The third kappa shape index (κ3) is 3.72. The van der Waals surface area contributed by atoms with Crippen molar-refractivity contribution in [1.82, 2.24) is 4.31 Å². The molecule has 2 rings (SSSR count). The van der Waals surface area contributed by atoms with Gasteiger partial charge in [-0.1, -0.05) is 19.1 Å². The number of thioether (sulfide) groups is 1. The third-order valence-corrected chi connectivity index (χ3v) is 5.98. The maximum absolute atomic E-state index is 12.3. The zero-order valence-corrected chi connectivity index (χ0v) is 12.4. The minimum absolute atomic E-state index is 0.0100. The summed E-state index contributed by atoms with van der Waals surface area (Å²) in [6.07, 6.45) is 0. The molecule has 1 atom stereocenters. The van der Waals surface area contributed by atoms with E-state index >= 15 is 0 Å². The normalized spacial score (nSPS) is 20.9. The number of benzene rings is 1. The van der Waals surface area contributed by atoms with Gasteiger partial charge >= 0.3 is 0 Å². The topological polar surface area (TPSA) is 61.2 Å². The molecule has 1 aromatic rings. The van der Waals surface area contributed by atoms with Crippen LogP contribution in [0.3, 0.4) is 0 Å². The number of hydrogen-bond donors (Lipinski definition) is 0. The highest BCUT2D eigenvalue weighted by molar-refractivity contribution is 8.00. The molecule has 6 heteroatoms. The average molecular weight is 296 g/mol. The lowest BCUT2D eigenvalue weighted by atomic mass is 10.2. The highest BCUT2D eigenvalue weighted by Crippen LogP contribution is 2.22. The van der Waals surface area contributed by atoms with Crippen LogP contribution >= 0.6 is 11.8 Å². The lowest BCUT2D eigenvalue weighted by molar-refractivity contribution is 0.423. The number of hydrogen-bond acceptors (Lipinski definition) is 4. The molecule has 4 nitrogen and oxygen atoms in total. The van der Waals surface area contributed by atoms with E-state index in [1.54, 1.807) is 40.3 Å². The van der Waals surface area contributed by atoms with E-state index in [4.69, 9.17) is 5.26 Å². The van der Waals surface area contributed by atoms with E-state index in [1.807, 2.05) is 13.0 Å². The van der Waals surface area contributed by atoms with Gasteiger partial charge in [0.05, 0.1) is 17.4 Å². The van der Waals surface area contributed by atoms with Gasteiger partial charge in [-0.2, -0.15) is 21.3 Å². The molecule has 0 N–H and O–H groups in total. The average Bonchev–Trinajstić information content (AvgIpc) is 2.39. The maximum Gasteiger partial charge on any atom is 0.218 e. The number of nitrogens with zero attached hydrogens (tertiary/aromatic N) is 2. The predicted molar refractivity (Wildman–Crippen MR) is 77.3 cm³/mol. The van der Waals surface area contributed by atoms with Crippen molar-refractivity contribution in [2.75, 3.05) is 18.8 Å². The molecule has 1 heterocycles. The second-order valence-electron chi connectivity index (χ2n) is 4.60. The number of rotatable bonds is 3. The van der Waals surface area contributed by atoms with Crippen molar-refractivity contribution >= 4 is 21.8 Å². The van der Waals surface area contributed by atoms with Crippen molar-refractivity contribution in [2.45, 2.75) is 17.9 Å². The smallest absolute Gasteiger partial charge is 0.212 e. The lowest BCUT2D eigenvalue weighted by Crippen LogP contribution is -2.41. The van der Waals surface area contributed by atoms with Crippen LogP contribution in [0.15, 0.2) is 24.3 Å². The minimum atomic E-state index is -3.25. The van der Waals surface area contributed by atoms with E-state index < -0.39 is 10.0 Å². The second-order valence-corrected chi connectivity index (χ2v) is 8.12. The van der Waals surface area contributed by atoms with Crippen molar-refractivity contribution in [3.8, 4) is 6.07 Å². The Morgan fingerprint density at radius 1 is 1.42 bits per heavy atom. The van der Waals surface area contributed by atoms with Gasteiger partial charge in [0.25, 0.3) is 0 Å². The summed E-state index contributed by atoms with van der Waals surface area (Å²) in [5.41, 5.74) is 1.27. The van der Waals surface area contributed by atoms with Gasteiger partial charge in [-0.25, -0.2) is 8.42 Å². The van der Waals surface area contributed by atoms with Gasteiger partial charge in [0.1, 0.15) is 0 Å². The van der Waals surface area contributed by atoms with E-state index in [1.165, 1.54) is 0 Å². The molecule has 0 bridgehead atoms. The molecule has 1 saturated heterocycles. The first-order valence-electron chi connectivity index (χ1n) is 6.10. The molecule has 1 unspecified atom stereocenters.